The standard InChI is InChI=1S/C11H14O.C2H6/c1-2-10-5-3-6-11(9-10)7-4-8-12;1-2/h3,5-6,8-9H,2,4,7H2,1H3;1-2H3. The Labute approximate surface area is 87.2 Å². The molecule has 0 fully saturated rings. The molecule has 78 valence electrons. The smallest absolute Gasteiger partial charge is 0.120 e. The summed E-state index contributed by atoms with van der Waals surface area (Å²) in [7, 11) is 0. The van der Waals surface area contributed by atoms with Crippen LogP contribution in [0.25, 0.3) is 0 Å². The molecule has 1 aromatic rings. The van der Waals surface area contributed by atoms with Crippen LogP contribution in [0.1, 0.15) is 38.3 Å². The molecule has 0 N–H and O–H groups in total. The van der Waals surface area contributed by atoms with Gasteiger partial charge in [0.2, 0.25) is 0 Å². The Morgan fingerprint density at radius 2 is 1.86 bits per heavy atom. The molecule has 1 rings (SSSR count). The minimum absolute atomic E-state index is 0.632. The molecule has 0 spiro atoms. The number of hydrogen-bond donors (Lipinski definition) is 0. The van der Waals surface area contributed by atoms with E-state index in [2.05, 4.69) is 31.2 Å². The van der Waals surface area contributed by atoms with Crippen LogP contribution in [0.4, 0.5) is 0 Å². The molecule has 0 saturated heterocycles. The van der Waals surface area contributed by atoms with Gasteiger partial charge in [-0.2, -0.15) is 0 Å². The summed E-state index contributed by atoms with van der Waals surface area (Å²) in [4.78, 5) is 10.1. The minimum atomic E-state index is 0.632. The van der Waals surface area contributed by atoms with Gasteiger partial charge in [0.25, 0.3) is 0 Å². The molecule has 0 aliphatic carbocycles. The lowest BCUT2D eigenvalue weighted by molar-refractivity contribution is -0.107. The van der Waals surface area contributed by atoms with Gasteiger partial charge in [-0.25, -0.2) is 0 Å². The van der Waals surface area contributed by atoms with Gasteiger partial charge in [-0.3, -0.25) is 0 Å². The third kappa shape index (κ3) is 4.80. The Bertz CT molecular complexity index is 253. The lowest BCUT2D eigenvalue weighted by Crippen LogP contribution is -1.88. The highest BCUT2D eigenvalue weighted by Gasteiger charge is 1.93. The minimum Gasteiger partial charge on any atom is -0.303 e. The van der Waals surface area contributed by atoms with Crippen LogP contribution < -0.4 is 0 Å². The predicted octanol–water partition coefficient (Wildman–Crippen LogP) is 3.41. The zero-order valence-electron chi connectivity index (χ0n) is 9.42. The van der Waals surface area contributed by atoms with Gasteiger partial charge in [-0.05, 0) is 24.0 Å². The van der Waals surface area contributed by atoms with Crippen molar-refractivity contribution in [3.8, 4) is 0 Å². The third-order valence-corrected chi connectivity index (χ3v) is 1.95. The molecular weight excluding hydrogens is 172 g/mol. The lowest BCUT2D eigenvalue weighted by Gasteiger charge is -2.00. The van der Waals surface area contributed by atoms with Crippen molar-refractivity contribution in [1.82, 2.24) is 0 Å². The van der Waals surface area contributed by atoms with Crippen molar-refractivity contribution in [1.29, 1.82) is 0 Å². The average Bonchev–Trinajstić information content (AvgIpc) is 2.29. The van der Waals surface area contributed by atoms with Gasteiger partial charge in [0.15, 0.2) is 0 Å². The largest absolute Gasteiger partial charge is 0.303 e. The second-order valence-electron chi connectivity index (χ2n) is 2.88. The Morgan fingerprint density at radius 1 is 1.21 bits per heavy atom. The fourth-order valence-corrected chi connectivity index (χ4v) is 1.23. The molecule has 0 unspecified atom stereocenters. The maximum absolute atomic E-state index is 10.1. The van der Waals surface area contributed by atoms with E-state index in [0.717, 1.165) is 19.1 Å². The fraction of sp³-hybridized carbons (Fsp3) is 0.462. The van der Waals surface area contributed by atoms with Crippen LogP contribution in [-0.2, 0) is 17.6 Å². The van der Waals surface area contributed by atoms with Crippen molar-refractivity contribution in [2.75, 3.05) is 0 Å². The Balaban J connectivity index is 0.000000791. The first-order chi connectivity index (χ1) is 6.86. The van der Waals surface area contributed by atoms with E-state index in [1.54, 1.807) is 0 Å². The Hall–Kier alpha value is -1.11. The van der Waals surface area contributed by atoms with Crippen LogP contribution in [0.15, 0.2) is 24.3 Å². The summed E-state index contributed by atoms with van der Waals surface area (Å²) in [5, 5.41) is 0. The van der Waals surface area contributed by atoms with Crippen molar-refractivity contribution < 1.29 is 4.79 Å². The van der Waals surface area contributed by atoms with Crippen LogP contribution in [-0.4, -0.2) is 6.29 Å². The van der Waals surface area contributed by atoms with Gasteiger partial charge in [-0.15, -0.1) is 0 Å². The van der Waals surface area contributed by atoms with E-state index < -0.39 is 0 Å². The molecule has 0 aromatic heterocycles. The van der Waals surface area contributed by atoms with Gasteiger partial charge in [-0.1, -0.05) is 45.0 Å². The Kier molecular flexibility index (Phi) is 7.81. The molecule has 0 bridgehead atoms. The van der Waals surface area contributed by atoms with Crippen LogP contribution >= 0.6 is 0 Å². The lowest BCUT2D eigenvalue weighted by atomic mass is 10.1. The first-order valence-electron chi connectivity index (χ1n) is 5.38. The van der Waals surface area contributed by atoms with E-state index in [0.29, 0.717) is 6.42 Å². The van der Waals surface area contributed by atoms with Gasteiger partial charge in [0.1, 0.15) is 6.29 Å². The topological polar surface area (TPSA) is 17.1 Å². The molecular formula is C13H20O. The molecule has 0 aliphatic heterocycles. The van der Waals surface area contributed by atoms with Crippen molar-refractivity contribution in [3.63, 3.8) is 0 Å². The summed E-state index contributed by atoms with van der Waals surface area (Å²) >= 11 is 0. The van der Waals surface area contributed by atoms with Crippen molar-refractivity contribution in [2.24, 2.45) is 0 Å². The molecule has 0 heterocycles. The van der Waals surface area contributed by atoms with Crippen molar-refractivity contribution in [3.05, 3.63) is 35.4 Å². The summed E-state index contributed by atoms with van der Waals surface area (Å²) < 4.78 is 0. The molecule has 0 radical (unpaired) electrons. The number of benzene rings is 1. The quantitative estimate of drug-likeness (QED) is 0.668. The van der Waals surface area contributed by atoms with Crippen molar-refractivity contribution in [2.45, 2.75) is 40.0 Å². The van der Waals surface area contributed by atoms with Crippen molar-refractivity contribution >= 4 is 6.29 Å². The first-order valence-corrected chi connectivity index (χ1v) is 5.38. The summed E-state index contributed by atoms with van der Waals surface area (Å²) in [6.45, 7) is 6.14. The molecule has 0 amide bonds. The number of hydrogen-bond acceptors (Lipinski definition) is 1. The molecule has 0 aliphatic rings. The summed E-state index contributed by atoms with van der Waals surface area (Å²) in [6, 6.07) is 8.41. The van der Waals surface area contributed by atoms with Crippen LogP contribution in [0.3, 0.4) is 0 Å². The number of rotatable bonds is 4. The second-order valence-corrected chi connectivity index (χ2v) is 2.88. The van der Waals surface area contributed by atoms with Gasteiger partial charge < -0.3 is 4.79 Å². The molecule has 0 saturated carbocycles. The highest BCUT2D eigenvalue weighted by Crippen LogP contribution is 2.07. The van der Waals surface area contributed by atoms with Gasteiger partial charge >= 0.3 is 0 Å². The zero-order chi connectivity index (χ0) is 10.8. The predicted molar refractivity (Wildman–Crippen MR) is 61.6 cm³/mol. The van der Waals surface area contributed by atoms with Gasteiger partial charge in [0, 0.05) is 6.42 Å². The average molecular weight is 192 g/mol. The van der Waals surface area contributed by atoms with Gasteiger partial charge in [0.05, 0.1) is 0 Å². The maximum Gasteiger partial charge on any atom is 0.120 e. The summed E-state index contributed by atoms with van der Waals surface area (Å²) in [5.41, 5.74) is 2.61. The van der Waals surface area contributed by atoms with Crippen LogP contribution in [0.5, 0.6) is 0 Å². The SMILES string of the molecule is CC.CCc1cccc(CCC=O)c1. The number of aryl methyl sites for hydroxylation is 2. The van der Waals surface area contributed by atoms with E-state index in [1.165, 1.54) is 11.1 Å². The second kappa shape index (κ2) is 8.49. The van der Waals surface area contributed by atoms with E-state index in [-0.39, 0.29) is 0 Å². The molecule has 1 nitrogen and oxygen atoms in total. The van der Waals surface area contributed by atoms with Crippen LogP contribution in [0.2, 0.25) is 0 Å². The Morgan fingerprint density at radius 3 is 2.43 bits per heavy atom. The summed E-state index contributed by atoms with van der Waals surface area (Å²) in [6.07, 6.45) is 3.54. The highest BCUT2D eigenvalue weighted by atomic mass is 16.1. The normalized spacial score (nSPS) is 8.79. The number of carbonyl (C=O) groups is 1. The molecule has 1 aromatic carbocycles. The van der Waals surface area contributed by atoms with E-state index in [4.69, 9.17) is 0 Å². The fourth-order valence-electron chi connectivity index (χ4n) is 1.23. The third-order valence-electron chi connectivity index (χ3n) is 1.95. The summed E-state index contributed by atoms with van der Waals surface area (Å²) in [5.74, 6) is 0. The van der Waals surface area contributed by atoms with E-state index in [9.17, 15) is 4.79 Å². The monoisotopic (exact) mass is 192 g/mol. The highest BCUT2D eigenvalue weighted by molar-refractivity contribution is 5.50. The first kappa shape index (κ1) is 12.9. The van der Waals surface area contributed by atoms with E-state index >= 15 is 0 Å². The number of carbonyl (C=O) groups excluding carboxylic acids is 1. The van der Waals surface area contributed by atoms with E-state index in [1.807, 2.05) is 13.8 Å². The molecule has 1 heteroatoms. The number of aldehydes is 1. The molecule has 14 heavy (non-hydrogen) atoms. The van der Waals surface area contributed by atoms with Crippen LogP contribution in [0, 0.1) is 0 Å². The zero-order valence-corrected chi connectivity index (χ0v) is 9.42. The maximum atomic E-state index is 10.1. The molecule has 0 atom stereocenters.